The van der Waals surface area contributed by atoms with Crippen molar-refractivity contribution in [2.45, 2.75) is 188 Å². The quantitative estimate of drug-likeness (QED) is 0.0191. The zero-order chi connectivity index (χ0) is 43.8. The Labute approximate surface area is 352 Å². The number of rotatable bonds is 43. The van der Waals surface area contributed by atoms with Crippen LogP contribution in [0, 0.1) is 0 Å². The van der Waals surface area contributed by atoms with Gasteiger partial charge >= 0.3 is 301 Å². The number of carbonyl (C=O) groups is 1. The predicted molar refractivity (Wildman–Crippen MR) is 211 cm³/mol. The van der Waals surface area contributed by atoms with Crippen LogP contribution >= 0.6 is 31.3 Å². The average molecular weight is 957 g/mol. The molecule has 4 unspecified atom stereocenters. The van der Waals surface area contributed by atoms with Gasteiger partial charge in [0, 0.05) is 0 Å². The fourth-order valence-corrected chi connectivity index (χ4v) is 11.6. The summed E-state index contributed by atoms with van der Waals surface area (Å²) >= 11 is -5.29. The molecule has 0 fully saturated rings. The van der Waals surface area contributed by atoms with Gasteiger partial charge in [-0.1, -0.05) is 53.4 Å². The molecule has 0 aliphatic heterocycles. The van der Waals surface area contributed by atoms with Gasteiger partial charge in [-0.2, -0.15) is 0 Å². The third-order valence-electron chi connectivity index (χ3n) is 8.35. The van der Waals surface area contributed by atoms with Crippen LogP contribution in [-0.2, 0) is 84.1 Å². The van der Waals surface area contributed by atoms with E-state index in [-0.39, 0.29) is 26.1 Å². The first-order valence-electron chi connectivity index (χ1n) is 20.9. The standard InChI is InChI=1S/C34H71O17P4.H2O.O.Ti/c1-5-9-13-17-21-25-29-44-52(38,39)50-54(42,46-31-27-23-19-15-11-7-3)48-34(37,33(35)36)49-55(43,47-32-28-24-20-16-12-8-4)51-53(40,41)45-30-26-22-18-14-10-6-2;;;/h5-32H2,1-4H3,(H,35,36)(H,38,39)(H,40,41);1H2;;/q-1;;;+2/p-1. The number of hydrogen-bond donors (Lipinski definition) is 4. The summed E-state index contributed by atoms with van der Waals surface area (Å²) in [6, 6.07) is 0. The fourth-order valence-electron chi connectivity index (χ4n) is 5.26. The van der Waals surface area contributed by atoms with Crippen LogP contribution in [-0.4, -0.2) is 57.0 Å². The summed E-state index contributed by atoms with van der Waals surface area (Å²) in [6.45, 7) is 6.34. The van der Waals surface area contributed by atoms with Gasteiger partial charge in [-0.15, -0.1) is 0 Å². The molecule has 0 rings (SSSR count). The SMILES string of the molecule is CCCCCCCCOP(=O)(O)OP(=O)(OCCCCCCCC)OC([O][Ti](=[O])[OH])(OP(=O)(OCCCCCCCC)OP(=O)(O)OCCCCCCCC)C(=O)O. The van der Waals surface area contributed by atoms with Crippen LogP contribution in [0.2, 0.25) is 0 Å². The van der Waals surface area contributed by atoms with Gasteiger partial charge in [-0.25, -0.2) is 0 Å². The normalized spacial score (nSPS) is 17.2. The van der Waals surface area contributed by atoms with Crippen LogP contribution in [0.4, 0.5) is 0 Å². The average Bonchev–Trinajstić information content (AvgIpc) is 3.12. The molecular formula is C34H72O19P4Ti. The van der Waals surface area contributed by atoms with Crippen molar-refractivity contribution in [1.29, 1.82) is 0 Å². The summed E-state index contributed by atoms with van der Waals surface area (Å²) in [7, 11) is -22.5. The van der Waals surface area contributed by atoms with Crippen LogP contribution in [0.5, 0.6) is 0 Å². The maximum absolute atomic E-state index is 14.1. The molecule has 0 bridgehead atoms. The molecule has 0 saturated heterocycles. The Hall–Kier alpha value is 0.424. The van der Waals surface area contributed by atoms with Gasteiger partial charge in [0.1, 0.15) is 0 Å². The van der Waals surface area contributed by atoms with Crippen LogP contribution in [0.25, 0.3) is 0 Å². The van der Waals surface area contributed by atoms with Crippen molar-refractivity contribution in [2.75, 3.05) is 26.4 Å². The Bertz CT molecular complexity index is 1210. The summed E-state index contributed by atoms with van der Waals surface area (Å²) in [6.07, 6.45) is 17.6. The zero-order valence-corrected chi connectivity index (χ0v) is 40.1. The Balaban J connectivity index is 6.59. The zero-order valence-electron chi connectivity index (χ0n) is 35.0. The molecule has 58 heavy (non-hydrogen) atoms. The number of phosphoric acid groups is 4. The van der Waals surface area contributed by atoms with Crippen molar-refractivity contribution >= 4 is 37.3 Å². The first-order chi connectivity index (χ1) is 27.4. The Kier molecular flexibility index (Phi) is 34.2. The van der Waals surface area contributed by atoms with Crippen molar-refractivity contribution < 1.29 is 103 Å². The molecule has 4 N–H and O–H groups in total. The van der Waals surface area contributed by atoms with Gasteiger partial charge in [0.15, 0.2) is 0 Å². The van der Waals surface area contributed by atoms with Crippen LogP contribution in [0.1, 0.15) is 182 Å². The summed E-state index contributed by atoms with van der Waals surface area (Å²) < 4.78 is 121. The van der Waals surface area contributed by atoms with Crippen LogP contribution in [0.3, 0.4) is 0 Å². The summed E-state index contributed by atoms with van der Waals surface area (Å²) in [5.74, 6) is -6.85. The van der Waals surface area contributed by atoms with E-state index < -0.39 is 75.1 Å². The van der Waals surface area contributed by atoms with Gasteiger partial charge in [0.05, 0.1) is 0 Å². The van der Waals surface area contributed by atoms with E-state index >= 15 is 0 Å². The van der Waals surface area contributed by atoms with E-state index in [9.17, 15) is 45.0 Å². The van der Waals surface area contributed by atoms with Crippen molar-refractivity contribution in [3.05, 3.63) is 0 Å². The number of carboxylic acids is 1. The van der Waals surface area contributed by atoms with Gasteiger partial charge in [0.2, 0.25) is 0 Å². The van der Waals surface area contributed by atoms with E-state index in [1.807, 2.05) is 27.7 Å². The number of unbranched alkanes of at least 4 members (excludes halogenated alkanes) is 20. The predicted octanol–water partition coefficient (Wildman–Crippen LogP) is 11.5. The van der Waals surface area contributed by atoms with Crippen LogP contribution < -0.4 is 0 Å². The van der Waals surface area contributed by atoms with E-state index in [2.05, 4.69) is 3.32 Å². The fraction of sp³-hybridized carbons (Fsp3) is 0.971. The Morgan fingerprint density at radius 3 is 1.00 bits per heavy atom. The molecule has 0 aliphatic carbocycles. The van der Waals surface area contributed by atoms with Crippen molar-refractivity contribution in [3.63, 3.8) is 0 Å². The van der Waals surface area contributed by atoms with Gasteiger partial charge in [0.25, 0.3) is 0 Å². The molecule has 0 saturated carbocycles. The van der Waals surface area contributed by atoms with Crippen molar-refractivity contribution in [3.8, 4) is 0 Å². The van der Waals surface area contributed by atoms with Gasteiger partial charge in [-0.05, 0) is 0 Å². The van der Waals surface area contributed by atoms with E-state index in [0.29, 0.717) is 38.5 Å². The minimum absolute atomic E-state index is 0.157. The second-order valence-corrected chi connectivity index (χ2v) is 21.3. The monoisotopic (exact) mass is 956 g/mol. The molecule has 0 aromatic carbocycles. The van der Waals surface area contributed by atoms with E-state index in [1.54, 1.807) is 0 Å². The summed E-state index contributed by atoms with van der Waals surface area (Å²) in [5.41, 5.74) is 0. The number of aliphatic carboxylic acids is 1. The molecule has 0 aromatic heterocycles. The third-order valence-corrected chi connectivity index (χ3v) is 15.2. The third kappa shape index (κ3) is 30.5. The van der Waals surface area contributed by atoms with Crippen molar-refractivity contribution in [1.82, 2.24) is 0 Å². The Morgan fingerprint density at radius 2 is 0.741 bits per heavy atom. The summed E-state index contributed by atoms with van der Waals surface area (Å²) in [5, 5.41) is 10.3. The second kappa shape index (κ2) is 33.9. The molecule has 24 heteroatoms. The van der Waals surface area contributed by atoms with E-state index in [1.165, 1.54) is 0 Å². The van der Waals surface area contributed by atoms with Gasteiger partial charge < -0.3 is 0 Å². The Morgan fingerprint density at radius 1 is 0.483 bits per heavy atom. The number of hydrogen-bond acceptors (Lipinski definition) is 15. The molecule has 0 aliphatic rings. The minimum atomic E-state index is -5.81. The molecule has 0 heterocycles. The molecule has 346 valence electrons. The van der Waals surface area contributed by atoms with Crippen LogP contribution in [0.15, 0.2) is 0 Å². The number of carboxylic acid groups (broad SMARTS) is 1. The number of phosphoric ester groups is 4. The van der Waals surface area contributed by atoms with E-state index in [4.69, 9.17) is 35.8 Å². The second-order valence-electron chi connectivity index (χ2n) is 13.8. The van der Waals surface area contributed by atoms with Gasteiger partial charge in [-0.3, -0.25) is 0 Å². The molecule has 0 amide bonds. The topological polar surface area (TPSA) is 266 Å². The first kappa shape index (κ1) is 58.4. The molecule has 0 spiro atoms. The maximum atomic E-state index is 14.1. The molecule has 19 nitrogen and oxygen atoms in total. The first-order valence-corrected chi connectivity index (χ1v) is 28.7. The molecule has 0 aromatic rings. The van der Waals surface area contributed by atoms with Crippen molar-refractivity contribution in [2.24, 2.45) is 0 Å². The molecule has 0 radical (unpaired) electrons. The molecular weight excluding hydrogens is 884 g/mol. The molecule has 4 atom stereocenters. The van der Waals surface area contributed by atoms with E-state index in [0.717, 1.165) is 103 Å². The summed E-state index contributed by atoms with van der Waals surface area (Å²) in [4.78, 5) is 33.9.